The zero-order chi connectivity index (χ0) is 17.6. The van der Waals surface area contributed by atoms with Crippen molar-refractivity contribution in [2.45, 2.75) is 38.9 Å². The average Bonchev–Trinajstić information content (AvgIpc) is 3.07. The second-order valence-corrected chi connectivity index (χ2v) is 6.67. The lowest BCUT2D eigenvalue weighted by Crippen LogP contribution is -2.43. The van der Waals surface area contributed by atoms with Gasteiger partial charge in [0.1, 0.15) is 12.4 Å². The number of hydrogen-bond donors (Lipinski definition) is 1. The minimum Gasteiger partial charge on any atom is -0.350 e. The Morgan fingerprint density at radius 2 is 2.08 bits per heavy atom. The van der Waals surface area contributed by atoms with E-state index in [1.807, 2.05) is 37.4 Å². The van der Waals surface area contributed by atoms with Crippen LogP contribution in [0.1, 0.15) is 17.9 Å². The molecule has 0 radical (unpaired) electrons. The zero-order valence-corrected chi connectivity index (χ0v) is 14.4. The van der Waals surface area contributed by atoms with Crippen LogP contribution < -0.4 is 11.0 Å². The van der Waals surface area contributed by atoms with E-state index in [2.05, 4.69) is 14.9 Å². The van der Waals surface area contributed by atoms with E-state index >= 15 is 0 Å². The molecule has 0 spiro atoms. The minimum atomic E-state index is -0.174. The summed E-state index contributed by atoms with van der Waals surface area (Å²) in [7, 11) is 1.73. The van der Waals surface area contributed by atoms with E-state index in [1.165, 1.54) is 4.57 Å². The van der Waals surface area contributed by atoms with Crippen LogP contribution in [0, 0.1) is 6.92 Å². The molecule has 0 fully saturated rings. The molecule has 7 heteroatoms. The van der Waals surface area contributed by atoms with Crippen molar-refractivity contribution in [3.8, 4) is 0 Å². The zero-order valence-electron chi connectivity index (χ0n) is 14.4. The van der Waals surface area contributed by atoms with Crippen LogP contribution >= 0.6 is 0 Å². The number of hydrogen-bond acceptors (Lipinski definition) is 3. The third kappa shape index (κ3) is 2.75. The summed E-state index contributed by atoms with van der Waals surface area (Å²) in [5.41, 5.74) is 2.44. The molecule has 7 nitrogen and oxygen atoms in total. The number of nitrogens with one attached hydrogen (secondary N) is 1. The van der Waals surface area contributed by atoms with Gasteiger partial charge in [0, 0.05) is 32.3 Å². The van der Waals surface area contributed by atoms with Crippen LogP contribution in [0.4, 0.5) is 0 Å². The lowest BCUT2D eigenvalue weighted by Gasteiger charge is -2.24. The van der Waals surface area contributed by atoms with Gasteiger partial charge in [-0.2, -0.15) is 0 Å². The molecule has 25 heavy (non-hydrogen) atoms. The van der Waals surface area contributed by atoms with Gasteiger partial charge in [0.05, 0.1) is 16.7 Å². The predicted octanol–water partition coefficient (Wildman–Crippen LogP) is 0.976. The smallest absolute Gasteiger partial charge is 0.329 e. The number of para-hydroxylation sites is 2. The van der Waals surface area contributed by atoms with E-state index in [1.54, 1.807) is 11.6 Å². The van der Waals surface area contributed by atoms with E-state index in [4.69, 9.17) is 0 Å². The molecule has 1 unspecified atom stereocenters. The normalized spacial score (nSPS) is 16.8. The number of benzene rings is 1. The topological polar surface area (TPSA) is 73.8 Å². The molecule has 1 aliphatic heterocycles. The van der Waals surface area contributed by atoms with Crippen LogP contribution in [-0.2, 0) is 31.4 Å². The maximum Gasteiger partial charge on any atom is 0.329 e. The Balaban J connectivity index is 1.50. The van der Waals surface area contributed by atoms with Crippen molar-refractivity contribution in [3.05, 3.63) is 52.5 Å². The van der Waals surface area contributed by atoms with Gasteiger partial charge in [-0.1, -0.05) is 12.1 Å². The van der Waals surface area contributed by atoms with Crippen LogP contribution in [0.3, 0.4) is 0 Å². The summed E-state index contributed by atoms with van der Waals surface area (Å²) in [4.78, 5) is 29.4. The molecular weight excluding hydrogens is 318 g/mol. The largest absolute Gasteiger partial charge is 0.350 e. The molecular formula is C18H21N5O2. The minimum absolute atomic E-state index is 0.0342. The van der Waals surface area contributed by atoms with Crippen molar-refractivity contribution in [2.75, 3.05) is 0 Å². The molecule has 4 rings (SSSR count). The first kappa shape index (κ1) is 15.7. The van der Waals surface area contributed by atoms with E-state index in [0.717, 1.165) is 41.9 Å². The third-order valence-electron chi connectivity index (χ3n) is 4.83. The molecule has 0 saturated carbocycles. The highest BCUT2D eigenvalue weighted by Gasteiger charge is 2.22. The van der Waals surface area contributed by atoms with Crippen LogP contribution in [-0.4, -0.2) is 30.6 Å². The molecule has 3 heterocycles. The number of amides is 1. The lowest BCUT2D eigenvalue weighted by atomic mass is 10.1. The molecule has 1 aliphatic rings. The van der Waals surface area contributed by atoms with E-state index in [9.17, 15) is 9.59 Å². The Morgan fingerprint density at radius 3 is 2.88 bits per heavy atom. The number of nitrogens with zero attached hydrogens (tertiary/aromatic N) is 4. The number of aryl methyl sites for hydroxylation is 3. The number of aromatic nitrogens is 4. The Bertz CT molecular complexity index is 1010. The van der Waals surface area contributed by atoms with Crippen molar-refractivity contribution in [1.29, 1.82) is 0 Å². The first-order chi connectivity index (χ1) is 12.0. The van der Waals surface area contributed by atoms with Gasteiger partial charge >= 0.3 is 5.69 Å². The molecule has 0 bridgehead atoms. The van der Waals surface area contributed by atoms with Gasteiger partial charge in [-0.05, 0) is 25.5 Å². The van der Waals surface area contributed by atoms with Gasteiger partial charge in [-0.15, -0.1) is 0 Å². The van der Waals surface area contributed by atoms with Crippen LogP contribution in [0.2, 0.25) is 0 Å². The SMILES string of the molecule is Cc1cn2c(n1)CCC(NC(=O)Cn1c(=O)n(C)c3ccccc31)C2. The first-order valence-corrected chi connectivity index (χ1v) is 8.49. The molecule has 130 valence electrons. The first-order valence-electron chi connectivity index (χ1n) is 8.49. The number of carbonyl (C=O) groups is 1. The molecule has 0 aliphatic carbocycles. The number of carbonyl (C=O) groups excluding carboxylic acids is 1. The fourth-order valence-corrected chi connectivity index (χ4v) is 3.64. The lowest BCUT2D eigenvalue weighted by molar-refractivity contribution is -0.122. The maximum atomic E-state index is 12.5. The van der Waals surface area contributed by atoms with E-state index < -0.39 is 0 Å². The summed E-state index contributed by atoms with van der Waals surface area (Å²) in [5, 5.41) is 3.06. The van der Waals surface area contributed by atoms with Crippen LogP contribution in [0.25, 0.3) is 11.0 Å². The van der Waals surface area contributed by atoms with Crippen molar-refractivity contribution in [3.63, 3.8) is 0 Å². The van der Waals surface area contributed by atoms with Crippen LogP contribution in [0.5, 0.6) is 0 Å². The highest BCUT2D eigenvalue weighted by molar-refractivity contribution is 5.81. The molecule has 3 aromatic rings. The second-order valence-electron chi connectivity index (χ2n) is 6.67. The Morgan fingerprint density at radius 1 is 1.32 bits per heavy atom. The summed E-state index contributed by atoms with van der Waals surface area (Å²) in [5.74, 6) is 0.942. The molecule has 1 atom stereocenters. The second kappa shape index (κ2) is 5.91. The Hall–Kier alpha value is -2.83. The van der Waals surface area contributed by atoms with Crippen molar-refractivity contribution < 1.29 is 4.79 Å². The highest BCUT2D eigenvalue weighted by atomic mass is 16.2. The molecule has 1 aromatic carbocycles. The Kier molecular flexibility index (Phi) is 3.71. The molecule has 0 saturated heterocycles. The van der Waals surface area contributed by atoms with Crippen molar-refractivity contribution >= 4 is 16.9 Å². The quantitative estimate of drug-likeness (QED) is 0.773. The summed E-state index contributed by atoms with van der Waals surface area (Å²) < 4.78 is 5.21. The van der Waals surface area contributed by atoms with E-state index in [0.29, 0.717) is 0 Å². The van der Waals surface area contributed by atoms with Gasteiger partial charge < -0.3 is 9.88 Å². The van der Waals surface area contributed by atoms with Gasteiger partial charge in [-0.3, -0.25) is 13.9 Å². The average molecular weight is 339 g/mol. The number of fused-ring (bicyclic) bond motifs is 2. The van der Waals surface area contributed by atoms with Crippen molar-refractivity contribution in [1.82, 2.24) is 24.0 Å². The standard InChI is InChI=1S/C18H21N5O2/c1-12-9-22-10-13(7-8-16(22)19-12)20-17(24)11-23-15-6-4-3-5-14(15)21(2)18(23)25/h3-6,9,13H,7-8,10-11H2,1-2H3,(H,20,24). The highest BCUT2D eigenvalue weighted by Crippen LogP contribution is 2.15. The van der Waals surface area contributed by atoms with Crippen molar-refractivity contribution in [2.24, 2.45) is 7.05 Å². The summed E-state index contributed by atoms with van der Waals surface area (Å²) in [6.07, 6.45) is 3.74. The van der Waals surface area contributed by atoms with Gasteiger partial charge in [0.15, 0.2) is 0 Å². The predicted molar refractivity (Wildman–Crippen MR) is 94.4 cm³/mol. The maximum absolute atomic E-state index is 12.5. The molecule has 1 amide bonds. The molecule has 1 N–H and O–H groups in total. The fourth-order valence-electron chi connectivity index (χ4n) is 3.64. The number of imidazole rings is 2. The Labute approximate surface area is 144 Å². The number of rotatable bonds is 3. The summed E-state index contributed by atoms with van der Waals surface area (Å²) in [6, 6.07) is 7.58. The fraction of sp³-hybridized carbons (Fsp3) is 0.389. The molecule has 2 aromatic heterocycles. The third-order valence-corrected chi connectivity index (χ3v) is 4.83. The van der Waals surface area contributed by atoms with Gasteiger partial charge in [-0.25, -0.2) is 9.78 Å². The summed E-state index contributed by atoms with van der Waals surface area (Å²) >= 11 is 0. The van der Waals surface area contributed by atoms with Gasteiger partial charge in [0.2, 0.25) is 5.91 Å². The van der Waals surface area contributed by atoms with Gasteiger partial charge in [0.25, 0.3) is 0 Å². The van der Waals surface area contributed by atoms with Crippen LogP contribution in [0.15, 0.2) is 35.3 Å². The monoisotopic (exact) mass is 339 g/mol. The summed E-state index contributed by atoms with van der Waals surface area (Å²) in [6.45, 7) is 2.74. The van der Waals surface area contributed by atoms with E-state index in [-0.39, 0.29) is 24.2 Å².